The number of hydrogen-bond acceptors (Lipinski definition) is 3. The van der Waals surface area contributed by atoms with E-state index in [0.29, 0.717) is 11.9 Å². The maximum atomic E-state index is 12.7. The predicted molar refractivity (Wildman–Crippen MR) is 125 cm³/mol. The number of guanidine groups is 1. The number of rotatable bonds is 8. The van der Waals surface area contributed by atoms with E-state index in [1.165, 1.54) is 24.1 Å². The molecule has 1 atom stereocenters. The number of likely N-dealkylation sites (tertiary alicyclic amines) is 1. The topological polar surface area (TPSA) is 60.0 Å². The number of benzene rings is 1. The molecule has 0 aromatic heterocycles. The zero-order chi connectivity index (χ0) is 21.3. The van der Waals surface area contributed by atoms with Crippen molar-refractivity contribution in [1.82, 2.24) is 15.5 Å². The van der Waals surface area contributed by atoms with Gasteiger partial charge in [0.25, 0.3) is 0 Å². The van der Waals surface area contributed by atoms with Gasteiger partial charge < -0.3 is 20.4 Å². The second-order valence-electron chi connectivity index (χ2n) is 8.82. The van der Waals surface area contributed by atoms with Gasteiger partial charge in [0.05, 0.1) is 0 Å². The molecule has 1 aliphatic heterocycles. The smallest absolute Gasteiger partial charge is 0.225 e. The van der Waals surface area contributed by atoms with Crippen LogP contribution in [-0.2, 0) is 11.2 Å². The van der Waals surface area contributed by atoms with Crippen molar-refractivity contribution >= 4 is 17.6 Å². The van der Waals surface area contributed by atoms with E-state index in [4.69, 9.17) is 4.99 Å². The molecule has 0 bridgehead atoms. The highest BCUT2D eigenvalue weighted by Crippen LogP contribution is 2.27. The molecule has 6 heteroatoms. The first-order valence-corrected chi connectivity index (χ1v) is 11.7. The second-order valence-corrected chi connectivity index (χ2v) is 8.82. The van der Waals surface area contributed by atoms with Crippen molar-refractivity contribution in [2.24, 2.45) is 10.9 Å². The Balaban J connectivity index is 1.43. The molecule has 30 heavy (non-hydrogen) atoms. The van der Waals surface area contributed by atoms with Gasteiger partial charge in [0.15, 0.2) is 5.96 Å². The summed E-state index contributed by atoms with van der Waals surface area (Å²) in [6.07, 6.45) is 7.64. The van der Waals surface area contributed by atoms with Gasteiger partial charge in [-0.3, -0.25) is 9.79 Å². The summed E-state index contributed by atoms with van der Waals surface area (Å²) >= 11 is 0. The van der Waals surface area contributed by atoms with Crippen LogP contribution in [0, 0.1) is 5.92 Å². The van der Waals surface area contributed by atoms with Crippen molar-refractivity contribution < 1.29 is 4.79 Å². The lowest BCUT2D eigenvalue weighted by Gasteiger charge is -2.21. The summed E-state index contributed by atoms with van der Waals surface area (Å²) in [4.78, 5) is 21.6. The minimum atomic E-state index is 0.275. The molecule has 3 rings (SSSR count). The van der Waals surface area contributed by atoms with Crippen LogP contribution >= 0.6 is 0 Å². The van der Waals surface area contributed by atoms with Crippen LogP contribution in [0.5, 0.6) is 0 Å². The van der Waals surface area contributed by atoms with Crippen molar-refractivity contribution in [3.05, 3.63) is 29.8 Å². The first-order valence-electron chi connectivity index (χ1n) is 11.7. The van der Waals surface area contributed by atoms with Gasteiger partial charge in [-0.05, 0) is 56.7 Å². The molecular formula is C24H39N5O. The van der Waals surface area contributed by atoms with E-state index in [0.717, 1.165) is 64.2 Å². The van der Waals surface area contributed by atoms with E-state index in [1.54, 1.807) is 0 Å². The number of hydrogen-bond donors (Lipinski definition) is 2. The van der Waals surface area contributed by atoms with E-state index in [1.807, 2.05) is 0 Å². The number of carbonyl (C=O) groups is 1. The average Bonchev–Trinajstić information content (AvgIpc) is 3.43. The maximum absolute atomic E-state index is 12.7. The predicted octanol–water partition coefficient (Wildman–Crippen LogP) is 3.03. The Morgan fingerprint density at radius 1 is 1.17 bits per heavy atom. The Morgan fingerprint density at radius 3 is 2.57 bits per heavy atom. The summed E-state index contributed by atoms with van der Waals surface area (Å²) in [5, 5.41) is 6.91. The maximum Gasteiger partial charge on any atom is 0.225 e. The Labute approximate surface area is 182 Å². The molecule has 166 valence electrons. The molecule has 6 nitrogen and oxygen atoms in total. The highest BCUT2D eigenvalue weighted by molar-refractivity contribution is 5.81. The van der Waals surface area contributed by atoms with E-state index < -0.39 is 0 Å². The fourth-order valence-electron chi connectivity index (χ4n) is 4.46. The number of nitrogens with zero attached hydrogens (tertiary/aromatic N) is 3. The van der Waals surface area contributed by atoms with Crippen LogP contribution < -0.4 is 15.5 Å². The summed E-state index contributed by atoms with van der Waals surface area (Å²) in [6.45, 7) is 5.40. The molecule has 0 radical (unpaired) electrons. The summed E-state index contributed by atoms with van der Waals surface area (Å²) in [6, 6.07) is 9.05. The van der Waals surface area contributed by atoms with Crippen LogP contribution in [0.2, 0.25) is 0 Å². The zero-order valence-electron chi connectivity index (χ0n) is 19.0. The molecule has 2 aliphatic rings. The highest BCUT2D eigenvalue weighted by atomic mass is 16.2. The van der Waals surface area contributed by atoms with Gasteiger partial charge in [0.1, 0.15) is 0 Å². The number of aryl methyl sites for hydroxylation is 1. The van der Waals surface area contributed by atoms with Crippen molar-refractivity contribution in [2.45, 2.75) is 57.9 Å². The van der Waals surface area contributed by atoms with E-state index in [9.17, 15) is 4.79 Å². The van der Waals surface area contributed by atoms with E-state index >= 15 is 0 Å². The number of carbonyl (C=O) groups excluding carboxylic acids is 1. The molecule has 1 saturated carbocycles. The lowest BCUT2D eigenvalue weighted by atomic mass is 10.1. The van der Waals surface area contributed by atoms with E-state index in [-0.39, 0.29) is 5.92 Å². The van der Waals surface area contributed by atoms with Gasteiger partial charge in [-0.1, -0.05) is 25.0 Å². The second kappa shape index (κ2) is 11.2. The molecule has 0 spiro atoms. The molecule has 1 aliphatic carbocycles. The molecule has 1 aromatic rings. The van der Waals surface area contributed by atoms with Crippen LogP contribution in [0.15, 0.2) is 29.3 Å². The number of amides is 1. The number of aliphatic imine (C=N–C) groups is 1. The molecule has 1 amide bonds. The molecule has 1 aromatic carbocycles. The van der Waals surface area contributed by atoms with Gasteiger partial charge in [-0.15, -0.1) is 0 Å². The first-order chi connectivity index (χ1) is 14.6. The Bertz CT molecular complexity index is 694. The van der Waals surface area contributed by atoms with Gasteiger partial charge >= 0.3 is 0 Å². The van der Waals surface area contributed by atoms with Crippen LogP contribution in [0.1, 0.15) is 51.0 Å². The summed E-state index contributed by atoms with van der Waals surface area (Å²) in [7, 11) is 4.13. The quantitative estimate of drug-likeness (QED) is 0.391. The van der Waals surface area contributed by atoms with E-state index in [2.05, 4.69) is 65.7 Å². The average molecular weight is 414 g/mol. The molecule has 2 fully saturated rings. The van der Waals surface area contributed by atoms with Crippen LogP contribution in [0.25, 0.3) is 0 Å². The molecule has 2 N–H and O–H groups in total. The SMILES string of the molecule is CCNC(=NCCCc1ccc(N(C)C)cc1)NC1CCN(C(=O)C2CCCC2)C1. The zero-order valence-corrected chi connectivity index (χ0v) is 19.0. The van der Waals surface area contributed by atoms with Gasteiger partial charge in [0, 0.05) is 57.9 Å². The third kappa shape index (κ3) is 6.38. The summed E-state index contributed by atoms with van der Waals surface area (Å²) in [5.74, 6) is 1.53. The van der Waals surface area contributed by atoms with Gasteiger partial charge in [-0.25, -0.2) is 0 Å². The summed E-state index contributed by atoms with van der Waals surface area (Å²) < 4.78 is 0. The normalized spacial score (nSPS) is 19.9. The van der Waals surface area contributed by atoms with Gasteiger partial charge in [0.2, 0.25) is 5.91 Å². The molecular weight excluding hydrogens is 374 g/mol. The lowest BCUT2D eigenvalue weighted by Crippen LogP contribution is -2.45. The van der Waals surface area contributed by atoms with Crippen LogP contribution in [0.3, 0.4) is 0 Å². The molecule has 1 heterocycles. The van der Waals surface area contributed by atoms with Crippen molar-refractivity contribution in [3.63, 3.8) is 0 Å². The first kappa shape index (κ1) is 22.4. The van der Waals surface area contributed by atoms with Crippen LogP contribution in [0.4, 0.5) is 5.69 Å². The molecule has 1 saturated heterocycles. The highest BCUT2D eigenvalue weighted by Gasteiger charge is 2.32. The van der Waals surface area contributed by atoms with Crippen molar-refractivity contribution in [1.29, 1.82) is 0 Å². The third-order valence-corrected chi connectivity index (χ3v) is 6.24. The number of anilines is 1. The summed E-state index contributed by atoms with van der Waals surface area (Å²) in [5.41, 5.74) is 2.58. The van der Waals surface area contributed by atoms with Crippen molar-refractivity contribution in [2.75, 3.05) is 45.2 Å². The monoisotopic (exact) mass is 413 g/mol. The Hall–Kier alpha value is -2.24. The minimum Gasteiger partial charge on any atom is -0.378 e. The Kier molecular flexibility index (Phi) is 8.40. The lowest BCUT2D eigenvalue weighted by molar-refractivity contribution is -0.134. The third-order valence-electron chi connectivity index (χ3n) is 6.24. The standard InChI is InChI=1S/C24H39N5O/c1-4-25-24(26-16-7-8-19-11-13-22(14-12-19)28(2)3)27-21-15-17-29(18-21)23(30)20-9-5-6-10-20/h11-14,20-21H,4-10,15-18H2,1-3H3,(H2,25,26,27). The fourth-order valence-corrected chi connectivity index (χ4v) is 4.46. The number of nitrogens with one attached hydrogen (secondary N) is 2. The Morgan fingerprint density at radius 2 is 1.90 bits per heavy atom. The van der Waals surface area contributed by atoms with Crippen LogP contribution in [-0.4, -0.2) is 63.1 Å². The molecule has 1 unspecified atom stereocenters. The fraction of sp³-hybridized carbons (Fsp3) is 0.667. The minimum absolute atomic E-state index is 0.275. The van der Waals surface area contributed by atoms with Crippen molar-refractivity contribution in [3.8, 4) is 0 Å². The largest absolute Gasteiger partial charge is 0.378 e. The van der Waals surface area contributed by atoms with Gasteiger partial charge in [-0.2, -0.15) is 0 Å².